The van der Waals surface area contributed by atoms with Gasteiger partial charge in [0.2, 0.25) is 0 Å². The summed E-state index contributed by atoms with van der Waals surface area (Å²) in [5, 5.41) is 1.97. The minimum absolute atomic E-state index is 0.0454. The van der Waals surface area contributed by atoms with Crippen molar-refractivity contribution in [3.8, 4) is 0 Å². The quantitative estimate of drug-likeness (QED) is 0.644. The van der Waals surface area contributed by atoms with Crippen LogP contribution in [0.2, 0.25) is 5.02 Å². The molecule has 3 rings (SSSR count). The Morgan fingerprint density at radius 1 is 1.08 bits per heavy atom. The molecular formula is C18H15ClNO4S2. The van der Waals surface area contributed by atoms with Crippen molar-refractivity contribution in [2.75, 3.05) is 5.75 Å². The molecule has 3 aromatic rings. The zero-order chi connectivity index (χ0) is 18.9. The van der Waals surface area contributed by atoms with Gasteiger partial charge in [-0.2, -0.15) is 0 Å². The fourth-order valence-electron chi connectivity index (χ4n) is 2.41. The van der Waals surface area contributed by atoms with E-state index < -0.39 is 19.9 Å². The molecule has 26 heavy (non-hydrogen) atoms. The molecule has 0 fully saturated rings. The number of hydrogen-bond acceptors (Lipinski definition) is 4. The Hall–Kier alpha value is -2.09. The second kappa shape index (κ2) is 6.90. The molecule has 0 aliphatic heterocycles. The molecule has 0 N–H and O–H groups in total. The largest absolute Gasteiger partial charge is 0.268 e. The fourth-order valence-corrected chi connectivity index (χ4v) is 4.46. The predicted molar refractivity (Wildman–Crippen MR) is 103 cm³/mol. The molecule has 8 heteroatoms. The lowest BCUT2D eigenvalue weighted by molar-refractivity contribution is 0.588. The lowest BCUT2D eigenvalue weighted by Crippen LogP contribution is -2.11. The first-order chi connectivity index (χ1) is 12.2. The number of rotatable bonds is 5. The summed E-state index contributed by atoms with van der Waals surface area (Å²) in [7, 11) is -7.26. The van der Waals surface area contributed by atoms with Crippen LogP contribution < -0.4 is 0 Å². The van der Waals surface area contributed by atoms with E-state index in [4.69, 9.17) is 11.6 Å². The zero-order valence-electron chi connectivity index (χ0n) is 13.8. The van der Waals surface area contributed by atoms with Crippen LogP contribution in [-0.4, -0.2) is 26.6 Å². The molecule has 0 saturated heterocycles. The van der Waals surface area contributed by atoms with Crippen LogP contribution in [0.4, 0.5) is 0 Å². The van der Waals surface area contributed by atoms with E-state index in [1.807, 2.05) is 0 Å². The van der Waals surface area contributed by atoms with Crippen LogP contribution in [0.25, 0.3) is 17.0 Å². The van der Waals surface area contributed by atoms with E-state index in [2.05, 4.69) is 6.20 Å². The van der Waals surface area contributed by atoms with E-state index in [9.17, 15) is 16.8 Å². The number of nitrogens with zero attached hydrogens (tertiary/aromatic N) is 1. The molecule has 5 nitrogen and oxygen atoms in total. The number of fused-ring (bicyclic) bond motifs is 1. The zero-order valence-corrected chi connectivity index (χ0v) is 16.1. The van der Waals surface area contributed by atoms with E-state index >= 15 is 0 Å². The number of sulfone groups is 1. The summed E-state index contributed by atoms with van der Waals surface area (Å²) in [5.74, 6) is -0.0454. The molecule has 0 spiro atoms. The first-order valence-electron chi connectivity index (χ1n) is 7.69. The maximum absolute atomic E-state index is 13.0. The standard InChI is InChI=1S/C18H15ClNO4S2/c1-2-25(21,22)11-10-14-13-20(18-12-15(19)8-9-17(14)18)26(23,24)16-6-4-3-5-7-16/h3-12H,2H2,1H3. The van der Waals surface area contributed by atoms with Gasteiger partial charge in [0, 0.05) is 21.4 Å². The van der Waals surface area contributed by atoms with Crippen molar-refractivity contribution in [2.24, 2.45) is 0 Å². The SMILES string of the molecule is CCS(=O)(=O)C=Cc1[c]n(S(=O)(=O)c2ccccc2)c2cc(Cl)ccc12. The first kappa shape index (κ1) is 18.7. The van der Waals surface area contributed by atoms with Gasteiger partial charge in [0.15, 0.2) is 9.84 Å². The highest BCUT2D eigenvalue weighted by Gasteiger charge is 2.21. The van der Waals surface area contributed by atoms with Crippen LogP contribution in [0.5, 0.6) is 0 Å². The van der Waals surface area contributed by atoms with Gasteiger partial charge in [-0.05, 0) is 30.3 Å². The summed E-state index contributed by atoms with van der Waals surface area (Å²) in [6, 6.07) is 12.7. The van der Waals surface area contributed by atoms with Crippen LogP contribution in [-0.2, 0) is 19.9 Å². The number of benzene rings is 2. The van der Waals surface area contributed by atoms with E-state index in [0.717, 1.165) is 9.38 Å². The summed E-state index contributed by atoms with van der Waals surface area (Å²) < 4.78 is 50.4. The Balaban J connectivity index is 2.26. The van der Waals surface area contributed by atoms with Gasteiger partial charge in [0.05, 0.1) is 22.4 Å². The van der Waals surface area contributed by atoms with Gasteiger partial charge in [-0.1, -0.05) is 42.8 Å². The third kappa shape index (κ3) is 3.56. The Labute approximate surface area is 157 Å². The van der Waals surface area contributed by atoms with Gasteiger partial charge in [0.25, 0.3) is 10.0 Å². The molecule has 1 radical (unpaired) electrons. The molecule has 0 unspecified atom stereocenters. The minimum atomic E-state index is -3.90. The average molecular weight is 409 g/mol. The van der Waals surface area contributed by atoms with Gasteiger partial charge < -0.3 is 0 Å². The number of aromatic nitrogens is 1. The van der Waals surface area contributed by atoms with E-state index in [-0.39, 0.29) is 10.6 Å². The maximum Gasteiger partial charge on any atom is 0.268 e. The van der Waals surface area contributed by atoms with Gasteiger partial charge in [-0.15, -0.1) is 0 Å². The summed E-state index contributed by atoms with van der Waals surface area (Å²) in [4.78, 5) is 0.102. The third-order valence-corrected chi connectivity index (χ3v) is 7.04. The molecule has 0 saturated carbocycles. The molecule has 0 atom stereocenters. The summed E-state index contributed by atoms with van der Waals surface area (Å²) in [5.41, 5.74) is 0.683. The van der Waals surface area contributed by atoms with Crippen LogP contribution >= 0.6 is 11.6 Å². The monoisotopic (exact) mass is 408 g/mol. The smallest absolute Gasteiger partial charge is 0.231 e. The second-order valence-electron chi connectivity index (χ2n) is 5.52. The van der Waals surface area contributed by atoms with Crippen molar-refractivity contribution < 1.29 is 16.8 Å². The predicted octanol–water partition coefficient (Wildman–Crippen LogP) is 3.74. The molecule has 0 bridgehead atoms. The second-order valence-corrected chi connectivity index (χ2v) is 9.92. The molecule has 2 aromatic carbocycles. The fraction of sp³-hybridized carbons (Fsp3) is 0.111. The Bertz CT molecular complexity index is 1190. The number of hydrogen-bond donors (Lipinski definition) is 0. The van der Waals surface area contributed by atoms with Crippen molar-refractivity contribution in [1.82, 2.24) is 3.97 Å². The highest BCUT2D eigenvalue weighted by molar-refractivity contribution is 7.94. The van der Waals surface area contributed by atoms with E-state index in [1.54, 1.807) is 30.3 Å². The van der Waals surface area contributed by atoms with Gasteiger partial charge in [-0.25, -0.2) is 20.8 Å². The topological polar surface area (TPSA) is 73.2 Å². The molecular weight excluding hydrogens is 394 g/mol. The van der Waals surface area contributed by atoms with Gasteiger partial charge in [-0.3, -0.25) is 0 Å². The maximum atomic E-state index is 13.0. The van der Waals surface area contributed by atoms with Gasteiger partial charge >= 0.3 is 0 Å². The average Bonchev–Trinajstić information content (AvgIpc) is 2.99. The van der Waals surface area contributed by atoms with Crippen LogP contribution in [0, 0.1) is 6.20 Å². The van der Waals surface area contributed by atoms with Crippen LogP contribution in [0.1, 0.15) is 12.5 Å². The van der Waals surface area contributed by atoms with Crippen molar-refractivity contribution in [2.45, 2.75) is 11.8 Å². The Morgan fingerprint density at radius 2 is 1.77 bits per heavy atom. The van der Waals surface area contributed by atoms with Crippen molar-refractivity contribution in [3.05, 3.63) is 70.7 Å². The Morgan fingerprint density at radius 3 is 2.42 bits per heavy atom. The third-order valence-electron chi connectivity index (χ3n) is 3.82. The van der Waals surface area contributed by atoms with Crippen molar-refractivity contribution in [3.63, 3.8) is 0 Å². The molecule has 1 aromatic heterocycles. The normalized spacial score (nSPS) is 12.8. The summed E-state index contributed by atoms with van der Waals surface area (Å²) in [6.45, 7) is 1.53. The molecule has 135 valence electrons. The first-order valence-corrected chi connectivity index (χ1v) is 11.2. The van der Waals surface area contributed by atoms with E-state index in [1.165, 1.54) is 31.2 Å². The lowest BCUT2D eigenvalue weighted by atomic mass is 10.2. The molecule has 0 aliphatic carbocycles. The van der Waals surface area contributed by atoms with Gasteiger partial charge in [0.1, 0.15) is 0 Å². The van der Waals surface area contributed by atoms with Crippen LogP contribution in [0.3, 0.4) is 0 Å². The number of halogens is 1. The van der Waals surface area contributed by atoms with Crippen molar-refractivity contribution >= 4 is 48.4 Å². The minimum Gasteiger partial charge on any atom is -0.231 e. The summed E-state index contributed by atoms with van der Waals surface area (Å²) in [6.07, 6.45) is 4.12. The molecule has 1 heterocycles. The van der Waals surface area contributed by atoms with Crippen molar-refractivity contribution in [1.29, 1.82) is 0 Å². The van der Waals surface area contributed by atoms with E-state index in [0.29, 0.717) is 21.5 Å². The summed E-state index contributed by atoms with van der Waals surface area (Å²) >= 11 is 6.03. The molecule has 0 aliphatic rings. The lowest BCUT2D eigenvalue weighted by Gasteiger charge is -2.07. The molecule has 0 amide bonds. The van der Waals surface area contributed by atoms with Crippen LogP contribution in [0.15, 0.2) is 58.8 Å². The highest BCUT2D eigenvalue weighted by Crippen LogP contribution is 2.29. The Kier molecular flexibility index (Phi) is 4.96. The highest BCUT2D eigenvalue weighted by atomic mass is 35.5.